The van der Waals surface area contributed by atoms with Gasteiger partial charge in [-0.2, -0.15) is 0 Å². The minimum absolute atomic E-state index is 0.00502. The van der Waals surface area contributed by atoms with E-state index in [0.29, 0.717) is 18.8 Å². The van der Waals surface area contributed by atoms with Crippen molar-refractivity contribution in [1.82, 2.24) is 19.4 Å². The highest BCUT2D eigenvalue weighted by atomic mass is 79.9. The number of hydrogen-bond donors (Lipinski definition) is 2. The van der Waals surface area contributed by atoms with E-state index >= 15 is 0 Å². The Morgan fingerprint density at radius 2 is 1.96 bits per heavy atom. The van der Waals surface area contributed by atoms with Crippen molar-refractivity contribution >= 4 is 32.9 Å². The topological polar surface area (TPSA) is 73.9 Å². The molecule has 1 aliphatic heterocycles. The molecular formula is C17H17BrN4O2. The minimum atomic E-state index is -0.0747. The first-order valence-electron chi connectivity index (χ1n) is 7.96. The Hall–Kier alpha value is -2.28. The lowest BCUT2D eigenvalue weighted by Gasteiger charge is -2.32. The lowest BCUT2D eigenvalue weighted by atomic mass is 10.0. The van der Waals surface area contributed by atoms with E-state index in [9.17, 15) is 9.59 Å². The van der Waals surface area contributed by atoms with Crippen LogP contribution in [0.1, 0.15) is 29.4 Å². The van der Waals surface area contributed by atoms with Crippen LogP contribution >= 0.6 is 15.9 Å². The molecule has 3 aromatic rings. The summed E-state index contributed by atoms with van der Waals surface area (Å²) in [6.07, 6.45) is 3.30. The highest BCUT2D eigenvalue weighted by Crippen LogP contribution is 2.25. The second kappa shape index (κ2) is 5.98. The fourth-order valence-electron chi connectivity index (χ4n) is 3.43. The fraction of sp³-hybridized carbons (Fsp3) is 0.294. The van der Waals surface area contributed by atoms with Gasteiger partial charge in [0.25, 0.3) is 5.91 Å². The Labute approximate surface area is 146 Å². The molecule has 124 valence electrons. The second-order valence-corrected chi connectivity index (χ2v) is 6.99. The van der Waals surface area contributed by atoms with Crippen molar-refractivity contribution in [3.05, 3.63) is 57.2 Å². The Kier molecular flexibility index (Phi) is 3.80. The summed E-state index contributed by atoms with van der Waals surface area (Å²) in [5.41, 5.74) is 2.30. The molecule has 1 saturated heterocycles. The van der Waals surface area contributed by atoms with Crippen LogP contribution in [0, 0.1) is 0 Å². The molecule has 1 aliphatic rings. The Bertz CT molecular complexity index is 947. The number of amides is 1. The van der Waals surface area contributed by atoms with Crippen LogP contribution in [-0.4, -0.2) is 38.4 Å². The summed E-state index contributed by atoms with van der Waals surface area (Å²) in [7, 11) is 0. The molecule has 0 saturated carbocycles. The normalized spacial score (nSPS) is 16.0. The number of fused-ring (bicyclic) bond motifs is 1. The van der Waals surface area contributed by atoms with Crippen molar-refractivity contribution in [1.29, 1.82) is 0 Å². The number of nitrogens with zero attached hydrogens (tertiary/aromatic N) is 2. The van der Waals surface area contributed by atoms with Crippen LogP contribution < -0.4 is 5.69 Å². The van der Waals surface area contributed by atoms with Gasteiger partial charge in [-0.25, -0.2) is 4.79 Å². The quantitative estimate of drug-likeness (QED) is 0.708. The number of aromatic amines is 2. The average Bonchev–Trinajstić information content (AvgIpc) is 3.17. The summed E-state index contributed by atoms with van der Waals surface area (Å²) in [4.78, 5) is 32.5. The van der Waals surface area contributed by atoms with Gasteiger partial charge in [-0.05, 0) is 47.0 Å². The molecule has 0 spiro atoms. The van der Waals surface area contributed by atoms with Crippen molar-refractivity contribution in [3.63, 3.8) is 0 Å². The van der Waals surface area contributed by atoms with Crippen LogP contribution in [0.3, 0.4) is 0 Å². The van der Waals surface area contributed by atoms with Gasteiger partial charge in [0, 0.05) is 29.8 Å². The molecular weight excluding hydrogens is 372 g/mol. The number of rotatable bonds is 2. The summed E-state index contributed by atoms with van der Waals surface area (Å²) in [5, 5.41) is 0. The summed E-state index contributed by atoms with van der Waals surface area (Å²) in [6.45, 7) is 1.29. The van der Waals surface area contributed by atoms with Crippen molar-refractivity contribution in [3.8, 4) is 0 Å². The lowest BCUT2D eigenvalue weighted by Crippen LogP contribution is -2.40. The van der Waals surface area contributed by atoms with Gasteiger partial charge >= 0.3 is 5.69 Å². The van der Waals surface area contributed by atoms with Crippen LogP contribution in [0.5, 0.6) is 0 Å². The second-order valence-electron chi connectivity index (χ2n) is 6.07. The van der Waals surface area contributed by atoms with Crippen molar-refractivity contribution < 1.29 is 4.79 Å². The van der Waals surface area contributed by atoms with Gasteiger partial charge in [0.15, 0.2) is 0 Å². The van der Waals surface area contributed by atoms with Crippen LogP contribution in [-0.2, 0) is 0 Å². The third-order valence-electron chi connectivity index (χ3n) is 4.62. The maximum Gasteiger partial charge on any atom is 0.326 e. The molecule has 7 heteroatoms. The largest absolute Gasteiger partial charge is 0.356 e. The first-order valence-corrected chi connectivity index (χ1v) is 8.75. The molecule has 0 radical (unpaired) electrons. The van der Waals surface area contributed by atoms with Gasteiger partial charge in [-0.1, -0.05) is 12.1 Å². The number of carbonyl (C=O) groups is 1. The third kappa shape index (κ3) is 2.58. The van der Waals surface area contributed by atoms with Gasteiger partial charge in [0.1, 0.15) is 5.69 Å². The summed E-state index contributed by atoms with van der Waals surface area (Å²) < 4.78 is 2.70. The number of benzene rings is 1. The Morgan fingerprint density at radius 3 is 2.67 bits per heavy atom. The molecule has 1 fully saturated rings. The first-order chi connectivity index (χ1) is 11.6. The maximum atomic E-state index is 12.5. The molecule has 2 N–H and O–H groups in total. The van der Waals surface area contributed by atoms with Gasteiger partial charge in [-0.3, -0.25) is 9.36 Å². The number of H-pyrrole nitrogens is 2. The molecule has 2 aromatic heterocycles. The zero-order chi connectivity index (χ0) is 16.7. The van der Waals surface area contributed by atoms with Crippen molar-refractivity contribution in [2.45, 2.75) is 18.9 Å². The number of nitrogens with one attached hydrogen (secondary N) is 2. The van der Waals surface area contributed by atoms with E-state index in [4.69, 9.17) is 0 Å². The molecule has 0 atom stereocenters. The zero-order valence-corrected chi connectivity index (χ0v) is 14.5. The van der Waals surface area contributed by atoms with E-state index in [1.807, 2.05) is 33.7 Å². The van der Waals surface area contributed by atoms with E-state index in [-0.39, 0.29) is 17.6 Å². The molecule has 1 amide bonds. The number of piperidine rings is 1. The van der Waals surface area contributed by atoms with Gasteiger partial charge in [0.2, 0.25) is 0 Å². The molecule has 1 aromatic carbocycles. The molecule has 0 aliphatic carbocycles. The number of carbonyl (C=O) groups excluding carboxylic acids is 1. The SMILES string of the molecule is O=C(c1cc(Br)c[nH]1)N1CCC(n2c(=O)[nH]c3ccccc32)CC1. The average molecular weight is 389 g/mol. The van der Waals surface area contributed by atoms with E-state index < -0.39 is 0 Å². The molecule has 24 heavy (non-hydrogen) atoms. The summed E-state index contributed by atoms with van der Waals surface area (Å²) in [6, 6.07) is 9.63. The number of likely N-dealkylation sites (tertiary alicyclic amines) is 1. The van der Waals surface area contributed by atoms with Gasteiger partial charge in [0.05, 0.1) is 11.0 Å². The van der Waals surface area contributed by atoms with Crippen LogP contribution in [0.4, 0.5) is 0 Å². The van der Waals surface area contributed by atoms with Crippen molar-refractivity contribution in [2.24, 2.45) is 0 Å². The summed E-state index contributed by atoms with van der Waals surface area (Å²) >= 11 is 3.35. The number of halogens is 1. The van der Waals surface area contributed by atoms with E-state index in [2.05, 4.69) is 25.9 Å². The third-order valence-corrected chi connectivity index (χ3v) is 5.08. The number of imidazole rings is 1. The zero-order valence-electron chi connectivity index (χ0n) is 13.0. The minimum Gasteiger partial charge on any atom is -0.356 e. The first kappa shape index (κ1) is 15.3. The fourth-order valence-corrected chi connectivity index (χ4v) is 3.77. The molecule has 0 unspecified atom stereocenters. The van der Waals surface area contributed by atoms with Crippen LogP contribution in [0.2, 0.25) is 0 Å². The molecule has 3 heterocycles. The number of hydrogen-bond acceptors (Lipinski definition) is 2. The van der Waals surface area contributed by atoms with Gasteiger partial charge in [-0.15, -0.1) is 0 Å². The Morgan fingerprint density at radius 1 is 1.21 bits per heavy atom. The monoisotopic (exact) mass is 388 g/mol. The van der Waals surface area contributed by atoms with Gasteiger partial charge < -0.3 is 14.9 Å². The standard InChI is InChI=1S/C17H17BrN4O2/c18-11-9-14(19-10-11)16(23)21-7-5-12(6-8-21)22-15-4-2-1-3-13(15)20-17(22)24/h1-4,9-10,12,19H,5-8H2,(H,20,24). The van der Waals surface area contributed by atoms with Crippen molar-refractivity contribution in [2.75, 3.05) is 13.1 Å². The highest BCUT2D eigenvalue weighted by Gasteiger charge is 2.27. The van der Waals surface area contributed by atoms with E-state index in [1.54, 1.807) is 12.3 Å². The lowest BCUT2D eigenvalue weighted by molar-refractivity contribution is 0.0690. The van der Waals surface area contributed by atoms with Crippen LogP contribution in [0.25, 0.3) is 11.0 Å². The van der Waals surface area contributed by atoms with E-state index in [0.717, 1.165) is 28.3 Å². The Balaban J connectivity index is 1.52. The maximum absolute atomic E-state index is 12.5. The predicted octanol–water partition coefficient (Wildman–Crippen LogP) is 2.90. The van der Waals surface area contributed by atoms with Crippen LogP contribution in [0.15, 0.2) is 45.8 Å². The number of para-hydroxylation sites is 2. The predicted molar refractivity (Wildman–Crippen MR) is 95.2 cm³/mol. The molecule has 0 bridgehead atoms. The van der Waals surface area contributed by atoms with E-state index in [1.165, 1.54) is 0 Å². The highest BCUT2D eigenvalue weighted by molar-refractivity contribution is 9.10. The number of aromatic nitrogens is 3. The summed E-state index contributed by atoms with van der Waals surface area (Å²) in [5.74, 6) is 0.00502. The molecule has 6 nitrogen and oxygen atoms in total. The molecule has 4 rings (SSSR count). The smallest absolute Gasteiger partial charge is 0.326 e.